The van der Waals surface area contributed by atoms with E-state index in [2.05, 4.69) is 13.8 Å². The smallest absolute Gasteiger partial charge is 0.310 e. The van der Waals surface area contributed by atoms with Gasteiger partial charge in [-0.3, -0.25) is 4.79 Å². The van der Waals surface area contributed by atoms with Crippen LogP contribution >= 0.6 is 34.8 Å². The maximum Gasteiger partial charge on any atom is 0.310 e. The minimum absolute atomic E-state index is 0.0887. The molecule has 0 amide bonds. The van der Waals surface area contributed by atoms with Crippen molar-refractivity contribution in [1.29, 1.82) is 0 Å². The van der Waals surface area contributed by atoms with E-state index in [1.807, 2.05) is 30.4 Å². The first-order valence-corrected chi connectivity index (χ1v) is 12.2. The summed E-state index contributed by atoms with van der Waals surface area (Å²) in [6.45, 7) is 4.46. The minimum Gasteiger partial charge on any atom is -0.488 e. The number of allylic oxidation sites excluding steroid dienone is 6. The first kappa shape index (κ1) is 24.6. The molecule has 2 aliphatic rings. The normalized spacial score (nSPS) is 20.1. The van der Waals surface area contributed by atoms with Crippen LogP contribution in [0.25, 0.3) is 5.69 Å². The van der Waals surface area contributed by atoms with Gasteiger partial charge >= 0.3 is 5.97 Å². The lowest BCUT2D eigenvalue weighted by atomic mass is 9.86. The molecule has 0 saturated heterocycles. The molecule has 178 valence electrons. The molecule has 5 nitrogen and oxygen atoms in total. The predicted octanol–water partition coefficient (Wildman–Crippen LogP) is 7.43. The van der Waals surface area contributed by atoms with Gasteiger partial charge in [-0.1, -0.05) is 72.9 Å². The molecular formula is C26H25Cl3N2O3. The van der Waals surface area contributed by atoms with E-state index in [9.17, 15) is 9.90 Å². The lowest BCUT2D eigenvalue weighted by Crippen LogP contribution is -2.16. The van der Waals surface area contributed by atoms with Crippen LogP contribution < -0.4 is 0 Å². The van der Waals surface area contributed by atoms with Crippen LogP contribution in [0.1, 0.15) is 44.0 Å². The fraction of sp³-hybridized carbons (Fsp3) is 0.308. The summed E-state index contributed by atoms with van der Waals surface area (Å²) in [6.07, 6.45) is 10.6. The lowest BCUT2D eigenvalue weighted by Gasteiger charge is -2.23. The van der Waals surface area contributed by atoms with Gasteiger partial charge in [-0.25, -0.2) is 4.68 Å². The Morgan fingerprint density at radius 1 is 1.21 bits per heavy atom. The summed E-state index contributed by atoms with van der Waals surface area (Å²) in [6, 6.07) is 7.39. The van der Waals surface area contributed by atoms with Crippen molar-refractivity contribution in [2.45, 2.75) is 39.2 Å². The summed E-state index contributed by atoms with van der Waals surface area (Å²) in [5, 5.41) is 15.6. The van der Waals surface area contributed by atoms with E-state index >= 15 is 0 Å². The number of nitrogens with zero attached hydrogens (tertiary/aromatic N) is 2. The summed E-state index contributed by atoms with van der Waals surface area (Å²) in [5.41, 5.74) is 3.36. The second kappa shape index (κ2) is 10.4. The van der Waals surface area contributed by atoms with Crippen molar-refractivity contribution >= 4 is 40.8 Å². The lowest BCUT2D eigenvalue weighted by molar-refractivity contribution is -0.140. The number of hydrogen-bond donors (Lipinski definition) is 1. The molecule has 2 atom stereocenters. The fourth-order valence-electron chi connectivity index (χ4n) is 3.99. The van der Waals surface area contributed by atoms with Crippen molar-refractivity contribution < 1.29 is 14.6 Å². The van der Waals surface area contributed by atoms with E-state index in [1.165, 1.54) is 0 Å². The fourth-order valence-corrected chi connectivity index (χ4v) is 4.92. The molecule has 1 aromatic carbocycles. The molecule has 0 fully saturated rings. The molecule has 1 N–H and O–H groups in total. The van der Waals surface area contributed by atoms with E-state index in [0.717, 1.165) is 22.7 Å². The van der Waals surface area contributed by atoms with Gasteiger partial charge < -0.3 is 9.84 Å². The largest absolute Gasteiger partial charge is 0.488 e. The van der Waals surface area contributed by atoms with E-state index in [4.69, 9.17) is 44.6 Å². The van der Waals surface area contributed by atoms with Crippen LogP contribution in [-0.2, 0) is 16.1 Å². The number of rotatable bonds is 7. The van der Waals surface area contributed by atoms with E-state index in [1.54, 1.807) is 29.0 Å². The maximum absolute atomic E-state index is 11.2. The van der Waals surface area contributed by atoms with Crippen LogP contribution in [0.2, 0.25) is 10.0 Å². The van der Waals surface area contributed by atoms with Gasteiger partial charge in [0.25, 0.3) is 0 Å². The van der Waals surface area contributed by atoms with Crippen molar-refractivity contribution in [3.63, 3.8) is 0 Å². The molecule has 8 heteroatoms. The van der Waals surface area contributed by atoms with Crippen molar-refractivity contribution in [2.24, 2.45) is 11.8 Å². The minimum atomic E-state index is -0.860. The standard InChI is InChI=1S/C26H25Cl3N2O3/c1-15(2)24-13-18(31(30-24)25-21(27)4-3-5-22(25)28)14-34-19-9-6-16(7-10-19)20-11-8-17(26(32)33)12-23(20)29/h3-6,8-11,13,15-17H,7,12,14H2,1-2H3,(H,32,33). The molecule has 2 aromatic rings. The van der Waals surface area contributed by atoms with Gasteiger partial charge in [0.15, 0.2) is 0 Å². The Hall–Kier alpha value is -2.47. The van der Waals surface area contributed by atoms with Crippen molar-refractivity contribution in [1.82, 2.24) is 9.78 Å². The zero-order valence-corrected chi connectivity index (χ0v) is 21.1. The van der Waals surface area contributed by atoms with Crippen LogP contribution in [0, 0.1) is 11.8 Å². The average molecular weight is 520 g/mol. The van der Waals surface area contributed by atoms with Crippen LogP contribution in [-0.4, -0.2) is 20.9 Å². The molecule has 0 spiro atoms. The number of aliphatic carboxylic acids is 1. The molecule has 0 saturated carbocycles. The number of carboxylic acids is 1. The number of hydrogen-bond acceptors (Lipinski definition) is 3. The van der Waals surface area contributed by atoms with Crippen molar-refractivity contribution in [3.8, 4) is 5.69 Å². The summed E-state index contributed by atoms with van der Waals surface area (Å²) < 4.78 is 7.85. The number of ether oxygens (including phenoxy) is 1. The number of aromatic nitrogens is 2. The monoisotopic (exact) mass is 518 g/mol. The number of halogens is 3. The molecule has 34 heavy (non-hydrogen) atoms. The molecule has 2 unspecified atom stereocenters. The van der Waals surface area contributed by atoms with Gasteiger partial charge in [0, 0.05) is 17.4 Å². The molecule has 0 radical (unpaired) electrons. The summed E-state index contributed by atoms with van der Waals surface area (Å²) in [4.78, 5) is 11.2. The Morgan fingerprint density at radius 2 is 1.94 bits per heavy atom. The quantitative estimate of drug-likeness (QED) is 0.413. The third-order valence-corrected chi connectivity index (χ3v) is 6.92. The van der Waals surface area contributed by atoms with Crippen LogP contribution in [0.4, 0.5) is 0 Å². The Kier molecular flexibility index (Phi) is 7.56. The third-order valence-electron chi connectivity index (χ3n) is 5.93. The van der Waals surface area contributed by atoms with Gasteiger partial charge in [0.2, 0.25) is 0 Å². The zero-order chi connectivity index (χ0) is 24.4. The Labute approximate surface area is 214 Å². The number of para-hydroxylation sites is 1. The molecular weight excluding hydrogens is 495 g/mol. The van der Waals surface area contributed by atoms with E-state index < -0.39 is 11.9 Å². The van der Waals surface area contributed by atoms with Gasteiger partial charge in [-0.2, -0.15) is 5.10 Å². The highest BCUT2D eigenvalue weighted by Crippen LogP contribution is 2.35. The molecule has 2 aliphatic carbocycles. The summed E-state index contributed by atoms with van der Waals surface area (Å²) in [5.74, 6) is -0.351. The van der Waals surface area contributed by atoms with Gasteiger partial charge in [-0.05, 0) is 48.3 Å². The Morgan fingerprint density at radius 3 is 2.53 bits per heavy atom. The predicted molar refractivity (Wildman–Crippen MR) is 136 cm³/mol. The maximum atomic E-state index is 11.2. The van der Waals surface area contributed by atoms with Gasteiger partial charge in [-0.15, -0.1) is 0 Å². The topological polar surface area (TPSA) is 64.3 Å². The molecule has 4 rings (SSSR count). The highest BCUT2D eigenvalue weighted by molar-refractivity contribution is 6.37. The second-order valence-corrected chi connectivity index (χ2v) is 9.93. The van der Waals surface area contributed by atoms with Crippen LogP contribution in [0.5, 0.6) is 0 Å². The SMILES string of the molecule is CC(C)c1cc(COC2=CCC(C3=C(Cl)CC(C(=O)O)C=C3)C=C2)n(-c2c(Cl)cccc2Cl)n1. The number of carboxylic acid groups (broad SMARTS) is 1. The van der Waals surface area contributed by atoms with Crippen molar-refractivity contribution in [3.05, 3.63) is 92.4 Å². The van der Waals surface area contributed by atoms with E-state index in [0.29, 0.717) is 40.2 Å². The second-order valence-electron chi connectivity index (χ2n) is 8.66. The zero-order valence-electron chi connectivity index (χ0n) is 18.8. The molecule has 1 aromatic heterocycles. The molecule has 1 heterocycles. The Balaban J connectivity index is 1.48. The van der Waals surface area contributed by atoms with E-state index in [-0.39, 0.29) is 11.8 Å². The highest BCUT2D eigenvalue weighted by Gasteiger charge is 2.25. The number of carbonyl (C=O) groups is 1. The van der Waals surface area contributed by atoms with Crippen LogP contribution in [0.15, 0.2) is 71.0 Å². The summed E-state index contributed by atoms with van der Waals surface area (Å²) >= 11 is 19.3. The van der Waals surface area contributed by atoms with Crippen molar-refractivity contribution in [2.75, 3.05) is 0 Å². The average Bonchev–Trinajstić information content (AvgIpc) is 3.22. The van der Waals surface area contributed by atoms with Gasteiger partial charge in [0.05, 0.1) is 27.4 Å². The summed E-state index contributed by atoms with van der Waals surface area (Å²) in [7, 11) is 0. The Bertz CT molecular complexity index is 1200. The highest BCUT2D eigenvalue weighted by atomic mass is 35.5. The molecule has 0 bridgehead atoms. The molecule has 0 aliphatic heterocycles. The third kappa shape index (κ3) is 5.27. The first-order valence-electron chi connectivity index (χ1n) is 11.1. The van der Waals surface area contributed by atoms with Gasteiger partial charge in [0.1, 0.15) is 18.1 Å². The first-order chi connectivity index (χ1) is 16.2. The number of benzene rings is 1. The van der Waals surface area contributed by atoms with Crippen LogP contribution in [0.3, 0.4) is 0 Å².